The van der Waals surface area contributed by atoms with Gasteiger partial charge in [-0.2, -0.15) is 0 Å². The van der Waals surface area contributed by atoms with Crippen LogP contribution in [0.25, 0.3) is 0 Å². The third kappa shape index (κ3) is 4.66. The second-order valence-corrected chi connectivity index (χ2v) is 3.16. The fourth-order valence-corrected chi connectivity index (χ4v) is 0.958. The lowest BCUT2D eigenvalue weighted by atomic mass is 10.1. The van der Waals surface area contributed by atoms with E-state index in [0.29, 0.717) is 5.92 Å². The summed E-state index contributed by atoms with van der Waals surface area (Å²) in [5.41, 5.74) is 0. The number of aliphatic hydroxyl groups is 1. The third-order valence-electron chi connectivity index (χ3n) is 1.81. The summed E-state index contributed by atoms with van der Waals surface area (Å²) in [6, 6.07) is 0.227. The molecule has 0 bridgehead atoms. The Morgan fingerprint density at radius 2 is 2.00 bits per heavy atom. The Bertz CT molecular complexity index is 109. The number of likely N-dealkylation sites (N-methyl/N-ethyl adjacent to an activating group) is 1. The summed E-state index contributed by atoms with van der Waals surface area (Å²) in [6.07, 6.45) is -0.870. The van der Waals surface area contributed by atoms with E-state index in [2.05, 4.69) is 24.5 Å². The molecule has 0 saturated carbocycles. The van der Waals surface area contributed by atoms with Crippen molar-refractivity contribution in [1.29, 1.82) is 0 Å². The zero-order valence-electron chi connectivity index (χ0n) is 8.29. The maximum absolute atomic E-state index is 9.14. The molecule has 0 aliphatic heterocycles. The number of hydrogen-bond donors (Lipinski definition) is 3. The van der Waals surface area contributed by atoms with E-state index in [1.807, 2.05) is 7.05 Å². The molecule has 2 atom stereocenters. The Labute approximate surface area is 74.3 Å². The summed E-state index contributed by atoms with van der Waals surface area (Å²) in [5, 5.41) is 15.1. The largest absolute Gasteiger partial charge is 0.356 e. The fourth-order valence-electron chi connectivity index (χ4n) is 0.958. The first kappa shape index (κ1) is 11.8. The van der Waals surface area contributed by atoms with Crippen LogP contribution in [0.15, 0.2) is 0 Å². The van der Waals surface area contributed by atoms with Crippen molar-refractivity contribution in [3.63, 3.8) is 0 Å². The van der Waals surface area contributed by atoms with E-state index in [4.69, 9.17) is 9.84 Å². The first-order chi connectivity index (χ1) is 5.61. The SMILES string of the molecule is CNC[C@@H](NC(O)OC)C(C)C. The minimum atomic E-state index is -0.870. The second-order valence-electron chi connectivity index (χ2n) is 3.16. The Morgan fingerprint density at radius 3 is 2.33 bits per heavy atom. The average molecular weight is 176 g/mol. The zero-order valence-corrected chi connectivity index (χ0v) is 8.29. The van der Waals surface area contributed by atoms with Crippen molar-refractivity contribution in [3.05, 3.63) is 0 Å². The van der Waals surface area contributed by atoms with Crippen molar-refractivity contribution >= 4 is 0 Å². The van der Waals surface area contributed by atoms with Gasteiger partial charge in [0.05, 0.1) is 0 Å². The maximum atomic E-state index is 9.14. The third-order valence-corrected chi connectivity index (χ3v) is 1.81. The van der Waals surface area contributed by atoms with E-state index in [9.17, 15) is 0 Å². The van der Waals surface area contributed by atoms with Gasteiger partial charge in [-0.05, 0) is 13.0 Å². The van der Waals surface area contributed by atoms with Crippen LogP contribution in [0, 0.1) is 5.92 Å². The molecule has 1 unspecified atom stereocenters. The second kappa shape index (κ2) is 6.37. The lowest BCUT2D eigenvalue weighted by molar-refractivity contribution is -0.106. The fraction of sp³-hybridized carbons (Fsp3) is 1.00. The van der Waals surface area contributed by atoms with Crippen LogP contribution in [0.2, 0.25) is 0 Å². The highest BCUT2D eigenvalue weighted by atomic mass is 16.6. The van der Waals surface area contributed by atoms with E-state index in [0.717, 1.165) is 6.54 Å². The minimum Gasteiger partial charge on any atom is -0.356 e. The predicted molar refractivity (Wildman–Crippen MR) is 48.7 cm³/mol. The molecule has 0 aromatic carbocycles. The van der Waals surface area contributed by atoms with Crippen molar-refractivity contribution in [1.82, 2.24) is 10.6 Å². The highest BCUT2D eigenvalue weighted by molar-refractivity contribution is 4.71. The molecule has 0 aliphatic carbocycles. The summed E-state index contributed by atoms with van der Waals surface area (Å²) in [6.45, 7) is 5.01. The molecule has 0 spiro atoms. The van der Waals surface area contributed by atoms with E-state index in [1.54, 1.807) is 0 Å². The molecule has 3 N–H and O–H groups in total. The van der Waals surface area contributed by atoms with Gasteiger partial charge in [-0.1, -0.05) is 13.8 Å². The molecule has 0 heterocycles. The number of rotatable bonds is 6. The molecular formula is C8H20N2O2. The van der Waals surface area contributed by atoms with Crippen molar-refractivity contribution < 1.29 is 9.84 Å². The zero-order chi connectivity index (χ0) is 9.56. The Balaban J connectivity index is 3.77. The summed E-state index contributed by atoms with van der Waals surface area (Å²) in [7, 11) is 3.35. The highest BCUT2D eigenvalue weighted by Gasteiger charge is 2.14. The van der Waals surface area contributed by atoms with E-state index in [-0.39, 0.29) is 6.04 Å². The smallest absolute Gasteiger partial charge is 0.213 e. The molecule has 0 amide bonds. The van der Waals surface area contributed by atoms with E-state index < -0.39 is 6.41 Å². The van der Waals surface area contributed by atoms with Gasteiger partial charge in [0.2, 0.25) is 6.41 Å². The molecule has 12 heavy (non-hydrogen) atoms. The minimum absolute atomic E-state index is 0.227. The van der Waals surface area contributed by atoms with Crippen molar-refractivity contribution in [2.45, 2.75) is 26.3 Å². The van der Waals surface area contributed by atoms with Gasteiger partial charge in [0.25, 0.3) is 0 Å². The Hall–Kier alpha value is -0.160. The van der Waals surface area contributed by atoms with Crippen molar-refractivity contribution in [2.24, 2.45) is 5.92 Å². The van der Waals surface area contributed by atoms with Crippen LogP contribution in [0.5, 0.6) is 0 Å². The normalized spacial score (nSPS) is 16.5. The van der Waals surface area contributed by atoms with Crippen LogP contribution in [-0.2, 0) is 4.74 Å². The molecule has 0 saturated heterocycles. The maximum Gasteiger partial charge on any atom is 0.213 e. The van der Waals surface area contributed by atoms with Gasteiger partial charge in [0.1, 0.15) is 0 Å². The number of nitrogens with one attached hydrogen (secondary N) is 2. The van der Waals surface area contributed by atoms with E-state index in [1.165, 1.54) is 7.11 Å². The molecular weight excluding hydrogens is 156 g/mol. The first-order valence-corrected chi connectivity index (χ1v) is 4.23. The lowest BCUT2D eigenvalue weighted by Crippen LogP contribution is -2.47. The van der Waals surface area contributed by atoms with Gasteiger partial charge >= 0.3 is 0 Å². The van der Waals surface area contributed by atoms with Crippen LogP contribution in [0.4, 0.5) is 0 Å². The van der Waals surface area contributed by atoms with Crippen LogP contribution in [-0.4, -0.2) is 38.3 Å². The summed E-state index contributed by atoms with van der Waals surface area (Å²) in [4.78, 5) is 0. The highest BCUT2D eigenvalue weighted by Crippen LogP contribution is 2.00. The molecule has 0 fully saturated rings. The monoisotopic (exact) mass is 176 g/mol. The number of ether oxygens (including phenoxy) is 1. The number of hydrogen-bond acceptors (Lipinski definition) is 4. The average Bonchev–Trinajstić information content (AvgIpc) is 2.03. The molecule has 0 aliphatic rings. The first-order valence-electron chi connectivity index (χ1n) is 4.23. The van der Waals surface area contributed by atoms with Crippen LogP contribution < -0.4 is 10.6 Å². The van der Waals surface area contributed by atoms with Gasteiger partial charge in [-0.25, -0.2) is 0 Å². The quantitative estimate of drug-likeness (QED) is 0.488. The summed E-state index contributed by atoms with van der Waals surface area (Å²) >= 11 is 0. The topological polar surface area (TPSA) is 53.5 Å². The Morgan fingerprint density at radius 1 is 1.42 bits per heavy atom. The molecule has 0 aromatic heterocycles. The summed E-state index contributed by atoms with van der Waals surface area (Å²) in [5.74, 6) is 0.460. The van der Waals surface area contributed by atoms with Gasteiger partial charge < -0.3 is 15.2 Å². The molecule has 74 valence electrons. The lowest BCUT2D eigenvalue weighted by Gasteiger charge is -2.24. The van der Waals surface area contributed by atoms with Gasteiger partial charge in [-0.15, -0.1) is 0 Å². The molecule has 0 radical (unpaired) electrons. The van der Waals surface area contributed by atoms with Gasteiger partial charge in [-0.3, -0.25) is 5.32 Å². The molecule has 0 aromatic rings. The van der Waals surface area contributed by atoms with Crippen LogP contribution >= 0.6 is 0 Å². The van der Waals surface area contributed by atoms with Crippen molar-refractivity contribution in [3.8, 4) is 0 Å². The number of aliphatic hydroxyl groups excluding tert-OH is 1. The number of methoxy groups -OCH3 is 1. The Kier molecular flexibility index (Phi) is 6.28. The van der Waals surface area contributed by atoms with Crippen molar-refractivity contribution in [2.75, 3.05) is 20.7 Å². The molecule has 4 nitrogen and oxygen atoms in total. The predicted octanol–water partition coefficient (Wildman–Crippen LogP) is -0.258. The van der Waals surface area contributed by atoms with Gasteiger partial charge in [0.15, 0.2) is 0 Å². The molecule has 0 rings (SSSR count). The van der Waals surface area contributed by atoms with Gasteiger partial charge in [0, 0.05) is 19.7 Å². The van der Waals surface area contributed by atoms with Crippen LogP contribution in [0.3, 0.4) is 0 Å². The molecule has 4 heteroatoms. The van der Waals surface area contributed by atoms with E-state index >= 15 is 0 Å². The standard InChI is InChI=1S/C8H20N2O2/c1-6(2)7(5-9-3)10-8(11)12-4/h6-11H,5H2,1-4H3/t7-,8?/m1/s1. The summed E-state index contributed by atoms with van der Waals surface area (Å²) < 4.78 is 4.69. The van der Waals surface area contributed by atoms with Crippen LogP contribution in [0.1, 0.15) is 13.8 Å².